The van der Waals surface area contributed by atoms with Crippen LogP contribution in [0.2, 0.25) is 0 Å². The van der Waals surface area contributed by atoms with E-state index in [0.29, 0.717) is 6.42 Å². The van der Waals surface area contributed by atoms with E-state index in [-0.39, 0.29) is 48.1 Å². The summed E-state index contributed by atoms with van der Waals surface area (Å²) in [6, 6.07) is 7.98. The number of primary amides is 1. The number of ether oxygens (including phenoxy) is 1. The Labute approximate surface area is 241 Å². The minimum atomic E-state index is -0.734. The van der Waals surface area contributed by atoms with Crippen LogP contribution in [-0.4, -0.2) is 52.7 Å². The Kier molecular flexibility index (Phi) is 14.5. The highest BCUT2D eigenvalue weighted by Crippen LogP contribution is 2.30. The summed E-state index contributed by atoms with van der Waals surface area (Å²) in [5, 5.41) is 5.83. The molecule has 3 atom stereocenters. The fourth-order valence-corrected chi connectivity index (χ4v) is 5.73. The van der Waals surface area contributed by atoms with Gasteiger partial charge in [-0.05, 0) is 44.1 Å². The number of thioether (sulfide) groups is 1. The van der Waals surface area contributed by atoms with E-state index < -0.39 is 35.8 Å². The first-order valence-corrected chi connectivity index (χ1v) is 14.9. The highest BCUT2D eigenvalue weighted by molar-refractivity contribution is 8.14. The van der Waals surface area contributed by atoms with Crippen molar-refractivity contribution in [2.75, 3.05) is 6.61 Å². The van der Waals surface area contributed by atoms with Gasteiger partial charge in [0, 0.05) is 36.1 Å². The number of benzene rings is 1. The average molecular weight is 574 g/mol. The van der Waals surface area contributed by atoms with Gasteiger partial charge in [0.05, 0.1) is 12.6 Å². The molecular formula is C30H43N3O6S. The standard InChI is InChI=1S/C30H43N3O6S/c1-4-39-27(36)17-15-23(14-16-26(31)35)32-29(37)22(18-21-10-6-5-7-11-21)19-25(34)28(20(2)3)33-30(38)40-24-12-8-9-13-24/h5-7,10-11,15,17,20,22-24,28H,4,8-9,12-14,16,18-19H2,1-3H3,(H2,31,35)(H,32,37)(H,33,38). The van der Waals surface area contributed by atoms with Gasteiger partial charge in [-0.15, -0.1) is 0 Å². The summed E-state index contributed by atoms with van der Waals surface area (Å²) in [7, 11) is 0. The molecule has 0 bridgehead atoms. The Morgan fingerprint density at radius 3 is 2.35 bits per heavy atom. The van der Waals surface area contributed by atoms with Gasteiger partial charge in [0.25, 0.3) is 5.24 Å². The van der Waals surface area contributed by atoms with Crippen LogP contribution in [0.5, 0.6) is 0 Å². The van der Waals surface area contributed by atoms with Crippen LogP contribution < -0.4 is 16.4 Å². The predicted octanol–water partition coefficient (Wildman–Crippen LogP) is 4.08. The Morgan fingerprint density at radius 1 is 1.07 bits per heavy atom. The van der Waals surface area contributed by atoms with Gasteiger partial charge < -0.3 is 21.1 Å². The van der Waals surface area contributed by atoms with Crippen LogP contribution in [0.3, 0.4) is 0 Å². The number of rotatable bonds is 16. The van der Waals surface area contributed by atoms with E-state index >= 15 is 0 Å². The molecule has 1 aromatic rings. The van der Waals surface area contributed by atoms with Gasteiger partial charge in [0.2, 0.25) is 11.8 Å². The normalized spacial score (nSPS) is 15.9. The fraction of sp³-hybridized carbons (Fsp3) is 0.567. The largest absolute Gasteiger partial charge is 0.463 e. The molecule has 0 heterocycles. The number of carbonyl (C=O) groups excluding carboxylic acids is 5. The van der Waals surface area contributed by atoms with Gasteiger partial charge in [0.15, 0.2) is 5.78 Å². The summed E-state index contributed by atoms with van der Waals surface area (Å²) < 4.78 is 4.91. The molecule has 40 heavy (non-hydrogen) atoms. The molecule has 0 saturated heterocycles. The summed E-state index contributed by atoms with van der Waals surface area (Å²) in [5.74, 6) is -2.61. The van der Waals surface area contributed by atoms with Crippen LogP contribution in [-0.2, 0) is 30.3 Å². The maximum absolute atomic E-state index is 13.5. The molecule has 1 fully saturated rings. The van der Waals surface area contributed by atoms with Crippen molar-refractivity contribution >= 4 is 40.6 Å². The van der Waals surface area contributed by atoms with Gasteiger partial charge in [-0.1, -0.05) is 74.9 Å². The molecular weight excluding hydrogens is 530 g/mol. The Hall–Kier alpha value is -3.14. The molecule has 0 spiro atoms. The van der Waals surface area contributed by atoms with E-state index in [1.165, 1.54) is 23.9 Å². The number of hydrogen-bond donors (Lipinski definition) is 3. The van der Waals surface area contributed by atoms with E-state index in [4.69, 9.17) is 10.5 Å². The van der Waals surface area contributed by atoms with Crippen molar-refractivity contribution in [1.82, 2.24) is 10.6 Å². The van der Waals surface area contributed by atoms with E-state index in [1.807, 2.05) is 44.2 Å². The molecule has 1 aliphatic rings. The second kappa shape index (κ2) is 17.5. The molecule has 4 N–H and O–H groups in total. The van der Waals surface area contributed by atoms with Crippen LogP contribution in [0.15, 0.2) is 42.5 Å². The minimum Gasteiger partial charge on any atom is -0.463 e. The third kappa shape index (κ3) is 12.4. The maximum atomic E-state index is 13.5. The lowest BCUT2D eigenvalue weighted by atomic mass is 9.88. The highest BCUT2D eigenvalue weighted by atomic mass is 32.2. The van der Waals surface area contributed by atoms with Crippen LogP contribution in [0.25, 0.3) is 0 Å². The van der Waals surface area contributed by atoms with E-state index in [9.17, 15) is 24.0 Å². The zero-order valence-electron chi connectivity index (χ0n) is 23.7. The molecule has 1 aliphatic carbocycles. The lowest BCUT2D eigenvalue weighted by Crippen LogP contribution is -2.46. The van der Waals surface area contributed by atoms with Crippen molar-refractivity contribution in [3.8, 4) is 0 Å². The summed E-state index contributed by atoms with van der Waals surface area (Å²) in [4.78, 5) is 63.0. The second-order valence-electron chi connectivity index (χ2n) is 10.5. The molecule has 1 aromatic carbocycles. The van der Waals surface area contributed by atoms with Gasteiger partial charge in [-0.2, -0.15) is 0 Å². The number of nitrogens with one attached hydrogen (secondary N) is 2. The Balaban J connectivity index is 2.18. The number of ketones is 1. The summed E-state index contributed by atoms with van der Waals surface area (Å²) in [5.41, 5.74) is 6.19. The molecule has 3 amide bonds. The predicted molar refractivity (Wildman–Crippen MR) is 156 cm³/mol. The smallest absolute Gasteiger partial charge is 0.330 e. The number of carbonyl (C=O) groups is 5. The van der Waals surface area contributed by atoms with Crippen molar-refractivity contribution in [3.05, 3.63) is 48.0 Å². The van der Waals surface area contributed by atoms with E-state index in [1.54, 1.807) is 6.92 Å². The third-order valence-electron chi connectivity index (χ3n) is 6.79. The number of esters is 1. The van der Waals surface area contributed by atoms with Crippen LogP contribution in [0.1, 0.15) is 71.3 Å². The van der Waals surface area contributed by atoms with Crippen molar-refractivity contribution in [2.45, 2.75) is 89.5 Å². The molecule has 1 saturated carbocycles. The molecule has 220 valence electrons. The number of amides is 3. The zero-order chi connectivity index (χ0) is 29.5. The van der Waals surface area contributed by atoms with Gasteiger partial charge in [0.1, 0.15) is 0 Å². The third-order valence-corrected chi connectivity index (χ3v) is 7.92. The van der Waals surface area contributed by atoms with Crippen LogP contribution >= 0.6 is 11.8 Å². The summed E-state index contributed by atoms with van der Waals surface area (Å²) >= 11 is 1.26. The Bertz CT molecular complexity index is 1020. The first kappa shape index (κ1) is 33.1. The van der Waals surface area contributed by atoms with E-state index in [2.05, 4.69) is 10.6 Å². The van der Waals surface area contributed by atoms with Crippen LogP contribution in [0.4, 0.5) is 4.79 Å². The molecule has 2 rings (SSSR count). The lowest BCUT2D eigenvalue weighted by Gasteiger charge is -2.25. The van der Waals surface area contributed by atoms with Crippen LogP contribution in [0, 0.1) is 11.8 Å². The molecule has 0 aliphatic heterocycles. The average Bonchev–Trinajstić information content (AvgIpc) is 3.41. The number of hydrogen-bond acceptors (Lipinski definition) is 7. The molecule has 9 nitrogen and oxygen atoms in total. The highest BCUT2D eigenvalue weighted by Gasteiger charge is 2.31. The van der Waals surface area contributed by atoms with Crippen molar-refractivity contribution < 1.29 is 28.7 Å². The van der Waals surface area contributed by atoms with Crippen molar-refractivity contribution in [2.24, 2.45) is 17.6 Å². The van der Waals surface area contributed by atoms with Gasteiger partial charge in [-0.25, -0.2) is 4.79 Å². The minimum absolute atomic E-state index is 0.000506. The molecule has 3 unspecified atom stereocenters. The summed E-state index contributed by atoms with van der Waals surface area (Å²) in [6.45, 7) is 5.63. The summed E-state index contributed by atoms with van der Waals surface area (Å²) in [6.07, 6.45) is 7.31. The first-order valence-electron chi connectivity index (χ1n) is 14.1. The van der Waals surface area contributed by atoms with E-state index in [0.717, 1.165) is 31.2 Å². The topological polar surface area (TPSA) is 145 Å². The SMILES string of the molecule is CCOC(=O)C=CC(CCC(N)=O)NC(=O)C(CC(=O)C(NC(=O)SC1CCCC1)C(C)C)Cc1ccccc1. The zero-order valence-corrected chi connectivity index (χ0v) is 24.5. The second-order valence-corrected chi connectivity index (χ2v) is 11.7. The van der Waals surface area contributed by atoms with Crippen molar-refractivity contribution in [3.63, 3.8) is 0 Å². The molecule has 0 aromatic heterocycles. The number of Topliss-reactive ketones (excluding diaryl/α,β-unsaturated/α-hetero) is 1. The lowest BCUT2D eigenvalue weighted by molar-refractivity contribution is -0.137. The van der Waals surface area contributed by atoms with Gasteiger partial charge in [-0.3, -0.25) is 19.2 Å². The Morgan fingerprint density at radius 2 is 1.75 bits per heavy atom. The van der Waals surface area contributed by atoms with Crippen molar-refractivity contribution in [1.29, 1.82) is 0 Å². The molecule has 0 radical (unpaired) electrons. The molecule has 10 heteroatoms. The monoisotopic (exact) mass is 573 g/mol. The van der Waals surface area contributed by atoms with Gasteiger partial charge >= 0.3 is 5.97 Å². The number of nitrogens with two attached hydrogens (primary N) is 1. The first-order chi connectivity index (χ1) is 19.1. The maximum Gasteiger partial charge on any atom is 0.330 e. The quantitative estimate of drug-likeness (QED) is 0.200. The fourth-order valence-electron chi connectivity index (χ4n) is 4.66.